The van der Waals surface area contributed by atoms with Crippen molar-refractivity contribution >= 4 is 5.78 Å². The molecule has 3 rings (SSSR count). The van der Waals surface area contributed by atoms with Gasteiger partial charge in [-0.3, -0.25) is 9.69 Å². The van der Waals surface area contributed by atoms with Crippen LogP contribution in [0.25, 0.3) is 0 Å². The fourth-order valence-electron chi connectivity index (χ4n) is 3.53. The van der Waals surface area contributed by atoms with Gasteiger partial charge in [0.25, 0.3) is 0 Å². The van der Waals surface area contributed by atoms with Crippen molar-refractivity contribution in [2.75, 3.05) is 13.1 Å². The van der Waals surface area contributed by atoms with Crippen LogP contribution in [0.15, 0.2) is 30.3 Å². The first-order chi connectivity index (χ1) is 8.83. The number of hydrogen-bond donors (Lipinski definition) is 0. The van der Waals surface area contributed by atoms with Crippen LogP contribution in [0.5, 0.6) is 0 Å². The number of likely N-dealkylation sites (tertiary alicyclic amines) is 1. The van der Waals surface area contributed by atoms with Crippen molar-refractivity contribution in [3.63, 3.8) is 0 Å². The van der Waals surface area contributed by atoms with Crippen LogP contribution in [0.2, 0.25) is 0 Å². The second kappa shape index (κ2) is 5.23. The Morgan fingerprint density at radius 2 is 2.00 bits per heavy atom. The van der Waals surface area contributed by atoms with Crippen molar-refractivity contribution in [2.45, 2.75) is 32.2 Å². The Kier molecular flexibility index (Phi) is 3.46. The van der Waals surface area contributed by atoms with Crippen LogP contribution in [0, 0.1) is 11.8 Å². The normalized spacial score (nSPS) is 29.0. The highest BCUT2D eigenvalue weighted by Crippen LogP contribution is 2.34. The van der Waals surface area contributed by atoms with E-state index < -0.39 is 0 Å². The number of rotatable bonds is 2. The molecule has 2 atom stereocenters. The second-order valence-corrected chi connectivity index (χ2v) is 5.73. The minimum Gasteiger partial charge on any atom is -0.299 e. The molecule has 1 heterocycles. The van der Waals surface area contributed by atoms with Crippen molar-refractivity contribution in [3.8, 4) is 0 Å². The van der Waals surface area contributed by atoms with Gasteiger partial charge in [-0.15, -0.1) is 0 Å². The predicted octanol–water partition coefficient (Wildman–Crippen LogP) is 2.88. The lowest BCUT2D eigenvalue weighted by atomic mass is 9.74. The number of carbonyl (C=O) groups is 1. The molecule has 0 spiro atoms. The standard InChI is InChI=1S/C16H21NO/c18-16-8-4-7-14-12-17(10-9-15(14)16)11-13-5-2-1-3-6-13/h1-3,5-6,14-15H,4,7-12H2/t14-,15-/m1/s1. The van der Waals surface area contributed by atoms with E-state index in [1.807, 2.05) is 0 Å². The highest BCUT2D eigenvalue weighted by atomic mass is 16.1. The van der Waals surface area contributed by atoms with E-state index in [0.29, 0.717) is 17.6 Å². The van der Waals surface area contributed by atoms with E-state index >= 15 is 0 Å². The highest BCUT2D eigenvalue weighted by molar-refractivity contribution is 5.82. The summed E-state index contributed by atoms with van der Waals surface area (Å²) < 4.78 is 0. The summed E-state index contributed by atoms with van der Waals surface area (Å²) in [6.45, 7) is 3.24. The van der Waals surface area contributed by atoms with Crippen LogP contribution in [0.4, 0.5) is 0 Å². The van der Waals surface area contributed by atoms with Gasteiger partial charge >= 0.3 is 0 Å². The summed E-state index contributed by atoms with van der Waals surface area (Å²) in [6.07, 6.45) is 4.27. The molecule has 2 fully saturated rings. The second-order valence-electron chi connectivity index (χ2n) is 5.73. The molecule has 2 nitrogen and oxygen atoms in total. The molecule has 0 bridgehead atoms. The molecule has 0 N–H and O–H groups in total. The minimum absolute atomic E-state index is 0.380. The first kappa shape index (κ1) is 11.9. The van der Waals surface area contributed by atoms with Crippen LogP contribution in [-0.4, -0.2) is 23.8 Å². The molecule has 0 amide bonds. The first-order valence-electron chi connectivity index (χ1n) is 7.12. The summed E-state index contributed by atoms with van der Waals surface area (Å²) >= 11 is 0. The molecule has 18 heavy (non-hydrogen) atoms. The van der Waals surface area contributed by atoms with Gasteiger partial charge in [-0.25, -0.2) is 0 Å². The lowest BCUT2D eigenvalue weighted by molar-refractivity contribution is -0.129. The van der Waals surface area contributed by atoms with Crippen LogP contribution in [-0.2, 0) is 11.3 Å². The van der Waals surface area contributed by atoms with Gasteiger partial charge in [0.2, 0.25) is 0 Å². The molecule has 2 heteroatoms. The number of hydrogen-bond acceptors (Lipinski definition) is 2. The summed E-state index contributed by atoms with van der Waals surface area (Å²) in [5.41, 5.74) is 1.39. The summed E-state index contributed by atoms with van der Waals surface area (Å²) in [5.74, 6) is 1.54. The van der Waals surface area contributed by atoms with Crippen molar-refractivity contribution in [3.05, 3.63) is 35.9 Å². The van der Waals surface area contributed by atoms with Gasteiger partial charge in [0.15, 0.2) is 0 Å². The van der Waals surface area contributed by atoms with Crippen molar-refractivity contribution in [1.82, 2.24) is 4.90 Å². The number of Topliss-reactive ketones (excluding diaryl/α,β-unsaturated/α-hetero) is 1. The molecule has 1 aromatic rings. The molecule has 0 radical (unpaired) electrons. The van der Waals surface area contributed by atoms with Crippen LogP contribution >= 0.6 is 0 Å². The summed E-state index contributed by atoms with van der Waals surface area (Å²) in [5, 5.41) is 0. The lowest BCUT2D eigenvalue weighted by Crippen LogP contribution is -2.44. The third-order valence-corrected chi connectivity index (χ3v) is 4.48. The average molecular weight is 243 g/mol. The maximum absolute atomic E-state index is 11.9. The van der Waals surface area contributed by atoms with E-state index in [4.69, 9.17) is 0 Å². The maximum Gasteiger partial charge on any atom is 0.136 e. The molecule has 96 valence electrons. The van der Waals surface area contributed by atoms with Gasteiger partial charge in [0, 0.05) is 25.4 Å². The average Bonchev–Trinajstić information content (AvgIpc) is 2.40. The van der Waals surface area contributed by atoms with Gasteiger partial charge in [0.1, 0.15) is 5.78 Å². The Morgan fingerprint density at radius 1 is 1.17 bits per heavy atom. The number of carbonyl (C=O) groups excluding carboxylic acids is 1. The Morgan fingerprint density at radius 3 is 2.83 bits per heavy atom. The Bertz CT molecular complexity index is 414. The monoisotopic (exact) mass is 243 g/mol. The highest BCUT2D eigenvalue weighted by Gasteiger charge is 2.35. The number of fused-ring (bicyclic) bond motifs is 1. The SMILES string of the molecule is O=C1CCC[C@@H]2CN(Cc3ccccc3)CC[C@@H]12. The lowest BCUT2D eigenvalue weighted by Gasteiger charge is -2.40. The Hall–Kier alpha value is -1.15. The summed E-state index contributed by atoms with van der Waals surface area (Å²) in [4.78, 5) is 14.4. The van der Waals surface area contributed by atoms with Gasteiger partial charge in [-0.05, 0) is 37.3 Å². The maximum atomic E-state index is 11.9. The smallest absolute Gasteiger partial charge is 0.136 e. The molecule has 2 aliphatic rings. The van der Waals surface area contributed by atoms with Gasteiger partial charge < -0.3 is 0 Å². The van der Waals surface area contributed by atoms with Crippen molar-refractivity contribution < 1.29 is 4.79 Å². The molecule has 1 aromatic carbocycles. The Labute approximate surface area is 109 Å². The molecular weight excluding hydrogens is 222 g/mol. The van der Waals surface area contributed by atoms with Gasteiger partial charge in [-0.2, -0.15) is 0 Å². The number of benzene rings is 1. The molecule has 1 aliphatic carbocycles. The third kappa shape index (κ3) is 2.49. The molecule has 1 aliphatic heterocycles. The molecule has 1 saturated heterocycles. The van der Waals surface area contributed by atoms with E-state index in [9.17, 15) is 4.79 Å². The van der Waals surface area contributed by atoms with Crippen molar-refractivity contribution in [2.24, 2.45) is 11.8 Å². The summed E-state index contributed by atoms with van der Waals surface area (Å²) in [7, 11) is 0. The topological polar surface area (TPSA) is 20.3 Å². The minimum atomic E-state index is 0.380. The fourth-order valence-corrected chi connectivity index (χ4v) is 3.53. The van der Waals surface area contributed by atoms with Crippen LogP contribution in [0.3, 0.4) is 0 Å². The van der Waals surface area contributed by atoms with E-state index in [1.165, 1.54) is 12.0 Å². The first-order valence-corrected chi connectivity index (χ1v) is 7.12. The fraction of sp³-hybridized carbons (Fsp3) is 0.562. The Balaban J connectivity index is 1.62. The molecule has 1 saturated carbocycles. The van der Waals surface area contributed by atoms with Crippen LogP contribution in [0.1, 0.15) is 31.2 Å². The van der Waals surface area contributed by atoms with E-state index in [2.05, 4.69) is 35.2 Å². The largest absolute Gasteiger partial charge is 0.299 e. The van der Waals surface area contributed by atoms with E-state index in [0.717, 1.165) is 38.9 Å². The van der Waals surface area contributed by atoms with Crippen molar-refractivity contribution in [1.29, 1.82) is 0 Å². The van der Waals surface area contributed by atoms with Crippen LogP contribution < -0.4 is 0 Å². The quantitative estimate of drug-likeness (QED) is 0.796. The van der Waals surface area contributed by atoms with E-state index in [1.54, 1.807) is 0 Å². The molecule has 0 aromatic heterocycles. The molecular formula is C16H21NO. The predicted molar refractivity (Wildman–Crippen MR) is 72.2 cm³/mol. The summed E-state index contributed by atoms with van der Waals surface area (Å²) in [6, 6.07) is 10.7. The van der Waals surface area contributed by atoms with Gasteiger partial charge in [-0.1, -0.05) is 30.3 Å². The molecule has 0 unspecified atom stereocenters. The zero-order valence-electron chi connectivity index (χ0n) is 10.8. The van der Waals surface area contributed by atoms with E-state index in [-0.39, 0.29) is 0 Å². The zero-order valence-corrected chi connectivity index (χ0v) is 10.8. The third-order valence-electron chi connectivity index (χ3n) is 4.48. The number of nitrogens with zero attached hydrogens (tertiary/aromatic N) is 1. The zero-order chi connectivity index (χ0) is 12.4. The number of ketones is 1. The van der Waals surface area contributed by atoms with Gasteiger partial charge in [0.05, 0.1) is 0 Å². The number of piperidine rings is 1.